The number of nitriles is 1. The number of alkyl halides is 2. The van der Waals surface area contributed by atoms with Crippen molar-refractivity contribution in [3.63, 3.8) is 0 Å². The molecule has 3 rings (SSSR count). The summed E-state index contributed by atoms with van der Waals surface area (Å²) in [6, 6.07) is 11.7. The van der Waals surface area contributed by atoms with Crippen molar-refractivity contribution in [2.45, 2.75) is 24.6 Å². The summed E-state index contributed by atoms with van der Waals surface area (Å²) < 4.78 is 27.0. The summed E-state index contributed by atoms with van der Waals surface area (Å²) in [6.07, 6.45) is 4.86. The van der Waals surface area contributed by atoms with Crippen molar-refractivity contribution in [1.82, 2.24) is 15.2 Å². The second kappa shape index (κ2) is 8.90. The molecule has 1 unspecified atom stereocenters. The lowest BCUT2D eigenvalue weighted by Gasteiger charge is -2.21. The summed E-state index contributed by atoms with van der Waals surface area (Å²) in [5.41, 5.74) is 2.10. The van der Waals surface area contributed by atoms with Gasteiger partial charge >= 0.3 is 0 Å². The largest absolute Gasteiger partial charge is 0.374 e. The first-order valence-electron chi connectivity index (χ1n) is 9.05. The number of benzene rings is 1. The fourth-order valence-corrected chi connectivity index (χ4v) is 3.15. The summed E-state index contributed by atoms with van der Waals surface area (Å²) in [6.45, 7) is -1.16. The molecule has 2 atom stereocenters. The maximum Gasteiger partial charge on any atom is 0.268 e. The van der Waals surface area contributed by atoms with E-state index in [2.05, 4.69) is 10.3 Å². The predicted molar refractivity (Wildman–Crippen MR) is 103 cm³/mol. The van der Waals surface area contributed by atoms with E-state index in [0.717, 1.165) is 10.5 Å². The fraction of sp³-hybridized carbons (Fsp3) is 0.286. The van der Waals surface area contributed by atoms with Gasteiger partial charge in [0, 0.05) is 24.4 Å². The number of carbonyl (C=O) groups is 1. The van der Waals surface area contributed by atoms with Crippen LogP contribution in [-0.2, 0) is 4.79 Å². The molecule has 1 aromatic heterocycles. The van der Waals surface area contributed by atoms with Crippen molar-refractivity contribution < 1.29 is 18.7 Å². The number of aliphatic hydroxyl groups is 1. The number of halogens is 2. The molecular weight excluding hydrogens is 378 g/mol. The SMILES string of the molecule is N#C[C@@H]1CC(F)(F)CN1C(=O)CNC(O)c1ccncc1/C=C/c1ccccc1. The van der Waals surface area contributed by atoms with E-state index in [1.165, 1.54) is 6.20 Å². The van der Waals surface area contributed by atoms with Crippen LogP contribution >= 0.6 is 0 Å². The van der Waals surface area contributed by atoms with Gasteiger partial charge in [0.1, 0.15) is 12.3 Å². The van der Waals surface area contributed by atoms with E-state index in [-0.39, 0.29) is 6.54 Å². The lowest BCUT2D eigenvalue weighted by molar-refractivity contribution is -0.132. The number of pyridine rings is 1. The highest BCUT2D eigenvalue weighted by Crippen LogP contribution is 2.31. The lowest BCUT2D eigenvalue weighted by Crippen LogP contribution is -2.42. The Morgan fingerprint density at radius 2 is 2.14 bits per heavy atom. The Labute approximate surface area is 167 Å². The number of aromatic nitrogens is 1. The Balaban J connectivity index is 1.66. The van der Waals surface area contributed by atoms with E-state index < -0.39 is 37.1 Å². The molecule has 6 nitrogen and oxygen atoms in total. The normalized spacial score (nSPS) is 19.2. The molecule has 0 spiro atoms. The van der Waals surface area contributed by atoms with E-state index in [4.69, 9.17) is 5.26 Å². The van der Waals surface area contributed by atoms with Crippen LogP contribution in [0.25, 0.3) is 12.2 Å². The molecule has 2 heterocycles. The summed E-state index contributed by atoms with van der Waals surface area (Å²) in [4.78, 5) is 17.2. The van der Waals surface area contributed by atoms with Crippen LogP contribution in [0, 0.1) is 11.3 Å². The highest BCUT2D eigenvalue weighted by molar-refractivity contribution is 5.79. The van der Waals surface area contributed by atoms with E-state index in [1.54, 1.807) is 24.4 Å². The molecule has 150 valence electrons. The minimum atomic E-state index is -3.07. The molecule has 0 aliphatic carbocycles. The molecule has 8 heteroatoms. The van der Waals surface area contributed by atoms with Crippen molar-refractivity contribution >= 4 is 18.1 Å². The van der Waals surface area contributed by atoms with Crippen LogP contribution < -0.4 is 5.32 Å². The maximum atomic E-state index is 13.5. The molecule has 2 N–H and O–H groups in total. The Kier molecular flexibility index (Phi) is 6.32. The van der Waals surface area contributed by atoms with Crippen LogP contribution in [0.5, 0.6) is 0 Å². The molecule has 0 bridgehead atoms. The van der Waals surface area contributed by atoms with E-state index in [9.17, 15) is 18.7 Å². The van der Waals surface area contributed by atoms with Gasteiger partial charge in [-0.3, -0.25) is 15.1 Å². The number of amides is 1. The van der Waals surface area contributed by atoms with Gasteiger partial charge in [-0.05, 0) is 17.2 Å². The molecular formula is C21H20F2N4O2. The van der Waals surface area contributed by atoms with Crippen molar-refractivity contribution in [1.29, 1.82) is 5.26 Å². The van der Waals surface area contributed by atoms with Gasteiger partial charge in [-0.15, -0.1) is 0 Å². The number of hydrogen-bond acceptors (Lipinski definition) is 5. The summed E-state index contributed by atoms with van der Waals surface area (Å²) in [5, 5.41) is 22.1. The van der Waals surface area contributed by atoms with E-state index >= 15 is 0 Å². The third kappa shape index (κ3) is 5.22. The number of carbonyl (C=O) groups excluding carboxylic acids is 1. The third-order valence-electron chi connectivity index (χ3n) is 4.62. The molecule has 1 aliphatic heterocycles. The van der Waals surface area contributed by atoms with Gasteiger partial charge in [0.15, 0.2) is 0 Å². The van der Waals surface area contributed by atoms with Gasteiger partial charge in [0.2, 0.25) is 5.91 Å². The molecule has 1 aliphatic rings. The minimum absolute atomic E-state index is 0.375. The molecule has 1 fully saturated rings. The Morgan fingerprint density at radius 3 is 2.86 bits per heavy atom. The number of rotatable bonds is 6. The highest BCUT2D eigenvalue weighted by Gasteiger charge is 2.47. The quantitative estimate of drug-likeness (QED) is 0.730. The van der Waals surface area contributed by atoms with Crippen LogP contribution in [0.15, 0.2) is 48.8 Å². The first kappa shape index (κ1) is 20.6. The zero-order chi connectivity index (χ0) is 20.9. The Hall–Kier alpha value is -3.15. The molecule has 2 aromatic rings. The van der Waals surface area contributed by atoms with Gasteiger partial charge in [-0.1, -0.05) is 42.5 Å². The Bertz CT molecular complexity index is 928. The number of aliphatic hydroxyl groups excluding tert-OH is 1. The smallest absolute Gasteiger partial charge is 0.268 e. The second-order valence-electron chi connectivity index (χ2n) is 6.76. The summed E-state index contributed by atoms with van der Waals surface area (Å²) >= 11 is 0. The third-order valence-corrected chi connectivity index (χ3v) is 4.62. The molecule has 1 amide bonds. The maximum absolute atomic E-state index is 13.5. The van der Waals surface area contributed by atoms with Crippen LogP contribution in [-0.4, -0.2) is 46.0 Å². The van der Waals surface area contributed by atoms with Crippen LogP contribution in [0.1, 0.15) is 29.3 Å². The molecule has 0 saturated carbocycles. The van der Waals surface area contributed by atoms with Crippen molar-refractivity contribution in [2.75, 3.05) is 13.1 Å². The molecule has 1 saturated heterocycles. The zero-order valence-corrected chi connectivity index (χ0v) is 15.5. The minimum Gasteiger partial charge on any atom is -0.374 e. The highest BCUT2D eigenvalue weighted by atomic mass is 19.3. The zero-order valence-electron chi connectivity index (χ0n) is 15.5. The average Bonchev–Trinajstić information content (AvgIpc) is 3.06. The van der Waals surface area contributed by atoms with Crippen LogP contribution in [0.3, 0.4) is 0 Å². The van der Waals surface area contributed by atoms with Crippen molar-refractivity contribution in [3.05, 3.63) is 65.5 Å². The summed E-state index contributed by atoms with van der Waals surface area (Å²) in [7, 11) is 0. The number of nitrogens with zero attached hydrogens (tertiary/aromatic N) is 3. The number of likely N-dealkylation sites (tertiary alicyclic amines) is 1. The summed E-state index contributed by atoms with van der Waals surface area (Å²) in [5.74, 6) is -3.74. The first-order valence-corrected chi connectivity index (χ1v) is 9.05. The lowest BCUT2D eigenvalue weighted by atomic mass is 10.1. The topological polar surface area (TPSA) is 89.2 Å². The number of hydrogen-bond donors (Lipinski definition) is 2. The standard InChI is InChI=1S/C21H20F2N4O2/c22-21(23)10-17(11-24)27(14-21)19(28)13-26-20(29)18-8-9-25-12-16(18)7-6-15-4-2-1-3-5-15/h1-9,12,17,20,26,29H,10,13-14H2/b7-6+/t17-,20?/m0/s1. The first-order chi connectivity index (χ1) is 13.9. The van der Waals surface area contributed by atoms with E-state index in [1.807, 2.05) is 36.4 Å². The number of nitrogens with one attached hydrogen (secondary N) is 1. The van der Waals surface area contributed by atoms with Gasteiger partial charge < -0.3 is 10.0 Å². The second-order valence-corrected chi connectivity index (χ2v) is 6.76. The monoisotopic (exact) mass is 398 g/mol. The van der Waals surface area contributed by atoms with Gasteiger partial charge in [-0.25, -0.2) is 8.78 Å². The molecule has 29 heavy (non-hydrogen) atoms. The van der Waals surface area contributed by atoms with Gasteiger partial charge in [0.05, 0.1) is 19.2 Å². The molecule has 0 radical (unpaired) electrons. The van der Waals surface area contributed by atoms with Crippen molar-refractivity contribution in [2.24, 2.45) is 0 Å². The van der Waals surface area contributed by atoms with Crippen LogP contribution in [0.2, 0.25) is 0 Å². The van der Waals surface area contributed by atoms with Gasteiger partial charge in [0.25, 0.3) is 5.92 Å². The molecule has 1 aromatic carbocycles. The fourth-order valence-electron chi connectivity index (χ4n) is 3.15. The predicted octanol–water partition coefficient (Wildman–Crippen LogP) is 2.59. The Morgan fingerprint density at radius 1 is 1.38 bits per heavy atom. The van der Waals surface area contributed by atoms with Crippen LogP contribution in [0.4, 0.5) is 8.78 Å². The average molecular weight is 398 g/mol. The van der Waals surface area contributed by atoms with E-state index in [0.29, 0.717) is 11.1 Å². The van der Waals surface area contributed by atoms with Gasteiger partial charge in [-0.2, -0.15) is 5.26 Å². The van der Waals surface area contributed by atoms with Crippen molar-refractivity contribution in [3.8, 4) is 6.07 Å².